The van der Waals surface area contributed by atoms with Crippen LogP contribution in [0.3, 0.4) is 0 Å². The Morgan fingerprint density at radius 2 is 1.81 bits per heavy atom. The molecule has 2 saturated heterocycles. The molecule has 2 aromatic heterocycles. The van der Waals surface area contributed by atoms with Crippen molar-refractivity contribution in [3.63, 3.8) is 0 Å². The van der Waals surface area contributed by atoms with E-state index in [4.69, 9.17) is 10.1 Å². The zero-order chi connectivity index (χ0) is 21.5. The predicted molar refractivity (Wildman–Crippen MR) is 126 cm³/mol. The summed E-state index contributed by atoms with van der Waals surface area (Å²) in [4.78, 5) is 22.8. The van der Waals surface area contributed by atoms with Crippen LogP contribution in [-0.4, -0.2) is 45.0 Å². The van der Waals surface area contributed by atoms with Gasteiger partial charge in [0.15, 0.2) is 5.65 Å². The molecule has 0 radical (unpaired) electrons. The number of rotatable bonds is 3. The van der Waals surface area contributed by atoms with E-state index in [0.717, 1.165) is 77.2 Å². The molecule has 1 atom stereocenters. The third kappa shape index (κ3) is 3.84. The lowest BCUT2D eigenvalue weighted by molar-refractivity contribution is 0.0605. The van der Waals surface area contributed by atoms with E-state index in [-0.39, 0.29) is 11.9 Å². The average molecular weight is 482 g/mol. The van der Waals surface area contributed by atoms with Crippen LogP contribution in [0.4, 0.5) is 5.82 Å². The van der Waals surface area contributed by atoms with Crippen molar-refractivity contribution in [2.75, 3.05) is 24.5 Å². The maximum absolute atomic E-state index is 13.5. The second-order valence-electron chi connectivity index (χ2n) is 8.78. The first-order valence-electron chi connectivity index (χ1n) is 11.2. The Balaban J connectivity index is 1.49. The van der Waals surface area contributed by atoms with Gasteiger partial charge in [-0.15, -0.1) is 0 Å². The zero-order valence-corrected chi connectivity index (χ0v) is 19.7. The Bertz CT molecular complexity index is 1130. The highest BCUT2D eigenvalue weighted by Crippen LogP contribution is 2.33. The average Bonchev–Trinajstić information content (AvgIpc) is 3.44. The van der Waals surface area contributed by atoms with Gasteiger partial charge >= 0.3 is 0 Å². The highest BCUT2D eigenvalue weighted by atomic mass is 79.9. The summed E-state index contributed by atoms with van der Waals surface area (Å²) in [6.45, 7) is 7.00. The van der Waals surface area contributed by atoms with E-state index in [1.165, 1.54) is 12.8 Å². The van der Waals surface area contributed by atoms with E-state index < -0.39 is 0 Å². The van der Waals surface area contributed by atoms with Crippen LogP contribution in [0, 0.1) is 13.8 Å². The number of fused-ring (bicyclic) bond motifs is 1. The van der Waals surface area contributed by atoms with Gasteiger partial charge in [0.1, 0.15) is 5.82 Å². The summed E-state index contributed by atoms with van der Waals surface area (Å²) < 4.78 is 2.81. The molecule has 3 aromatic rings. The molecule has 2 aliphatic heterocycles. The number of piperidine rings is 1. The summed E-state index contributed by atoms with van der Waals surface area (Å²) >= 11 is 3.51. The lowest BCUT2D eigenvalue weighted by atomic mass is 9.97. The van der Waals surface area contributed by atoms with E-state index in [0.29, 0.717) is 0 Å². The Morgan fingerprint density at radius 1 is 1.03 bits per heavy atom. The minimum Gasteiger partial charge on any atom is -0.356 e. The molecule has 2 aliphatic rings. The van der Waals surface area contributed by atoms with Gasteiger partial charge in [-0.2, -0.15) is 5.10 Å². The van der Waals surface area contributed by atoms with Crippen LogP contribution in [0.1, 0.15) is 65.3 Å². The quantitative estimate of drug-likeness (QED) is 0.523. The highest BCUT2D eigenvalue weighted by molar-refractivity contribution is 9.10. The Hall–Kier alpha value is -2.41. The largest absolute Gasteiger partial charge is 0.356 e. The molecule has 1 aromatic carbocycles. The van der Waals surface area contributed by atoms with Gasteiger partial charge in [-0.3, -0.25) is 4.79 Å². The molecule has 6 nitrogen and oxygen atoms in total. The minimum atomic E-state index is -0.0168. The normalized spacial score (nSPS) is 19.4. The molecular weight excluding hydrogens is 454 g/mol. The van der Waals surface area contributed by atoms with E-state index in [2.05, 4.69) is 40.0 Å². The molecule has 5 rings (SSSR count). The number of aromatic nitrogens is 3. The number of hydrogen-bond donors (Lipinski definition) is 0. The first kappa shape index (κ1) is 20.5. The van der Waals surface area contributed by atoms with Crippen LogP contribution in [0.25, 0.3) is 5.65 Å². The summed E-state index contributed by atoms with van der Waals surface area (Å²) in [7, 11) is 0. The number of benzene rings is 1. The van der Waals surface area contributed by atoms with Gasteiger partial charge in [-0.25, -0.2) is 9.50 Å². The second kappa shape index (κ2) is 8.26. The van der Waals surface area contributed by atoms with Gasteiger partial charge < -0.3 is 9.80 Å². The van der Waals surface area contributed by atoms with Gasteiger partial charge in [0.2, 0.25) is 0 Å². The summed E-state index contributed by atoms with van der Waals surface area (Å²) in [5.74, 6) is 1.15. The first-order valence-corrected chi connectivity index (χ1v) is 12.0. The van der Waals surface area contributed by atoms with Crippen LogP contribution in [-0.2, 0) is 0 Å². The van der Waals surface area contributed by atoms with Crippen LogP contribution < -0.4 is 4.90 Å². The van der Waals surface area contributed by atoms with Gasteiger partial charge in [-0.1, -0.05) is 22.0 Å². The number of hydrogen-bond acceptors (Lipinski definition) is 4. The minimum absolute atomic E-state index is 0.0168. The van der Waals surface area contributed by atoms with Gasteiger partial charge in [0.25, 0.3) is 5.91 Å². The molecule has 2 fully saturated rings. The number of carbonyl (C=O) groups excluding carboxylic acids is 1. The lowest BCUT2D eigenvalue weighted by Crippen LogP contribution is -2.39. The number of likely N-dealkylation sites (tertiary alicyclic amines) is 1. The fourth-order valence-corrected chi connectivity index (χ4v) is 5.25. The van der Waals surface area contributed by atoms with E-state index >= 15 is 0 Å². The van der Waals surface area contributed by atoms with E-state index in [1.807, 2.05) is 34.5 Å². The highest BCUT2D eigenvalue weighted by Gasteiger charge is 2.31. The molecule has 162 valence electrons. The van der Waals surface area contributed by atoms with Crippen LogP contribution in [0.15, 0.2) is 34.9 Å². The third-order valence-corrected chi connectivity index (χ3v) is 7.06. The number of amides is 1. The molecule has 1 amide bonds. The summed E-state index contributed by atoms with van der Waals surface area (Å²) in [6.07, 6.45) is 7.59. The van der Waals surface area contributed by atoms with Crippen LogP contribution in [0.5, 0.6) is 0 Å². The number of aryl methyl sites for hydroxylation is 2. The number of halogens is 1. The Kier molecular flexibility index (Phi) is 5.46. The third-order valence-electron chi connectivity index (χ3n) is 6.56. The lowest BCUT2D eigenvalue weighted by Gasteiger charge is -2.35. The van der Waals surface area contributed by atoms with Crippen LogP contribution in [0.2, 0.25) is 0 Å². The standard InChI is InChI=1S/C24H28BrN5O/c1-16-8-9-18(25)13-19(16)24(31)29-12-4-3-7-21(29)20-14-22-26-23(28-10-5-6-11-28)17(2)15-30(22)27-20/h8-9,13-15,21H,3-7,10-12H2,1-2H3/t21-/m0/s1. The molecule has 0 spiro atoms. The van der Waals surface area contributed by atoms with Crippen molar-refractivity contribution in [1.29, 1.82) is 0 Å². The summed E-state index contributed by atoms with van der Waals surface area (Å²) in [5, 5.41) is 4.86. The topological polar surface area (TPSA) is 53.7 Å². The van der Waals surface area contributed by atoms with Crippen molar-refractivity contribution in [1.82, 2.24) is 19.5 Å². The molecule has 0 saturated carbocycles. The van der Waals surface area contributed by atoms with Crippen molar-refractivity contribution in [2.45, 2.75) is 52.0 Å². The summed E-state index contributed by atoms with van der Waals surface area (Å²) in [5.41, 5.74) is 4.70. The molecule has 0 bridgehead atoms. The molecule has 31 heavy (non-hydrogen) atoms. The smallest absolute Gasteiger partial charge is 0.254 e. The second-order valence-corrected chi connectivity index (χ2v) is 9.70. The van der Waals surface area contributed by atoms with Crippen molar-refractivity contribution in [2.24, 2.45) is 0 Å². The maximum atomic E-state index is 13.5. The fraction of sp³-hybridized carbons (Fsp3) is 0.458. The number of anilines is 1. The number of nitrogens with zero attached hydrogens (tertiary/aromatic N) is 5. The van der Waals surface area contributed by atoms with Crippen LogP contribution >= 0.6 is 15.9 Å². The van der Waals surface area contributed by atoms with Crippen molar-refractivity contribution in [3.05, 3.63) is 57.3 Å². The fourth-order valence-electron chi connectivity index (χ4n) is 4.89. The molecule has 0 unspecified atom stereocenters. The monoisotopic (exact) mass is 481 g/mol. The molecule has 0 N–H and O–H groups in total. The van der Waals surface area contributed by atoms with Crippen molar-refractivity contribution in [3.8, 4) is 0 Å². The maximum Gasteiger partial charge on any atom is 0.254 e. The van der Waals surface area contributed by atoms with Crippen molar-refractivity contribution < 1.29 is 4.79 Å². The molecule has 0 aliphatic carbocycles. The first-order chi connectivity index (χ1) is 15.0. The Labute approximate surface area is 191 Å². The SMILES string of the molecule is Cc1ccc(Br)cc1C(=O)N1CCCC[C@H]1c1cc2nc(N3CCCC3)c(C)cn2n1. The molecule has 4 heterocycles. The van der Waals surface area contributed by atoms with Gasteiger partial charge in [0.05, 0.1) is 11.7 Å². The van der Waals surface area contributed by atoms with E-state index in [9.17, 15) is 4.79 Å². The van der Waals surface area contributed by atoms with Gasteiger partial charge in [-0.05, 0) is 63.6 Å². The van der Waals surface area contributed by atoms with Crippen molar-refractivity contribution >= 4 is 33.3 Å². The Morgan fingerprint density at radius 3 is 2.61 bits per heavy atom. The molecular formula is C24H28BrN5O. The van der Waals surface area contributed by atoms with Gasteiger partial charge in [0, 0.05) is 47.5 Å². The summed E-state index contributed by atoms with van der Waals surface area (Å²) in [6, 6.07) is 7.96. The number of carbonyl (C=O) groups is 1. The predicted octanol–water partition coefficient (Wildman–Crippen LogP) is 5.08. The van der Waals surface area contributed by atoms with E-state index in [1.54, 1.807) is 0 Å². The molecule has 7 heteroatoms. The zero-order valence-electron chi connectivity index (χ0n) is 18.1.